The molecule has 124 valence electrons. The molecule has 0 saturated heterocycles. The van der Waals surface area contributed by atoms with Crippen molar-refractivity contribution in [3.05, 3.63) is 65.5 Å². The second kappa shape index (κ2) is 6.87. The Hall–Kier alpha value is -2.62. The number of para-hydroxylation sites is 2. The molecule has 0 spiro atoms. The van der Waals surface area contributed by atoms with Crippen molar-refractivity contribution in [3.63, 3.8) is 0 Å². The van der Waals surface area contributed by atoms with Gasteiger partial charge in [-0.25, -0.2) is 4.98 Å². The highest BCUT2D eigenvalue weighted by Crippen LogP contribution is 2.22. The van der Waals surface area contributed by atoms with Gasteiger partial charge in [0.25, 0.3) is 5.91 Å². The maximum atomic E-state index is 12.6. The van der Waals surface area contributed by atoms with E-state index in [1.807, 2.05) is 55.5 Å². The first-order chi connectivity index (χ1) is 11.5. The number of aromatic nitrogens is 2. The standard InChI is InChI=1S/C20H23N3O/c1-13(2)12-18(19-21-16-6-4-5-7-17(16)22-19)23-20(24)15-10-8-14(3)9-11-15/h4-11,13,18H,12H2,1-3H3,(H,21,22)(H,23,24)/t18-/m0/s1. The molecule has 2 aromatic carbocycles. The van der Waals surface area contributed by atoms with Gasteiger partial charge in [0.2, 0.25) is 0 Å². The van der Waals surface area contributed by atoms with E-state index in [1.165, 1.54) is 0 Å². The van der Waals surface area contributed by atoms with E-state index in [4.69, 9.17) is 0 Å². The first kappa shape index (κ1) is 16.2. The fraction of sp³-hybridized carbons (Fsp3) is 0.300. The number of carbonyl (C=O) groups is 1. The van der Waals surface area contributed by atoms with E-state index < -0.39 is 0 Å². The molecular formula is C20H23N3O. The third kappa shape index (κ3) is 3.65. The summed E-state index contributed by atoms with van der Waals surface area (Å²) in [5.74, 6) is 1.19. The fourth-order valence-electron chi connectivity index (χ4n) is 2.79. The molecule has 24 heavy (non-hydrogen) atoms. The molecule has 0 radical (unpaired) electrons. The Balaban J connectivity index is 1.85. The van der Waals surface area contributed by atoms with Gasteiger partial charge in [0.05, 0.1) is 17.1 Å². The van der Waals surface area contributed by atoms with Crippen molar-refractivity contribution in [3.8, 4) is 0 Å². The quantitative estimate of drug-likeness (QED) is 0.732. The molecule has 3 aromatic rings. The van der Waals surface area contributed by atoms with Crippen LogP contribution >= 0.6 is 0 Å². The van der Waals surface area contributed by atoms with Crippen molar-refractivity contribution in [1.82, 2.24) is 15.3 Å². The first-order valence-electron chi connectivity index (χ1n) is 8.35. The van der Waals surface area contributed by atoms with E-state index in [-0.39, 0.29) is 11.9 Å². The lowest BCUT2D eigenvalue weighted by Crippen LogP contribution is -2.30. The Morgan fingerprint density at radius 2 is 1.83 bits per heavy atom. The van der Waals surface area contributed by atoms with Crippen LogP contribution < -0.4 is 5.32 Å². The monoisotopic (exact) mass is 321 g/mol. The average molecular weight is 321 g/mol. The largest absolute Gasteiger partial charge is 0.342 e. The van der Waals surface area contributed by atoms with Gasteiger partial charge in [0, 0.05) is 5.56 Å². The molecule has 1 atom stereocenters. The lowest BCUT2D eigenvalue weighted by molar-refractivity contribution is 0.0930. The van der Waals surface area contributed by atoms with Crippen LogP contribution in [0, 0.1) is 12.8 Å². The van der Waals surface area contributed by atoms with E-state index in [0.717, 1.165) is 28.8 Å². The van der Waals surface area contributed by atoms with Crippen LogP contribution in [0.25, 0.3) is 11.0 Å². The Morgan fingerprint density at radius 3 is 2.50 bits per heavy atom. The van der Waals surface area contributed by atoms with Crippen molar-refractivity contribution >= 4 is 16.9 Å². The van der Waals surface area contributed by atoms with Crippen LogP contribution in [0.5, 0.6) is 0 Å². The molecule has 0 fully saturated rings. The molecule has 0 aliphatic rings. The second-order valence-corrected chi connectivity index (χ2v) is 6.66. The van der Waals surface area contributed by atoms with Crippen molar-refractivity contribution in [2.45, 2.75) is 33.2 Å². The number of nitrogens with zero attached hydrogens (tertiary/aromatic N) is 1. The number of benzene rings is 2. The van der Waals surface area contributed by atoms with E-state index in [2.05, 4.69) is 29.1 Å². The number of imidazole rings is 1. The van der Waals surface area contributed by atoms with Gasteiger partial charge in [0.15, 0.2) is 0 Å². The lowest BCUT2D eigenvalue weighted by Gasteiger charge is -2.19. The summed E-state index contributed by atoms with van der Waals surface area (Å²) in [6.07, 6.45) is 0.831. The third-order valence-electron chi connectivity index (χ3n) is 4.06. The minimum Gasteiger partial charge on any atom is -0.342 e. The summed E-state index contributed by atoms with van der Waals surface area (Å²) < 4.78 is 0. The van der Waals surface area contributed by atoms with Gasteiger partial charge in [0.1, 0.15) is 5.82 Å². The maximum Gasteiger partial charge on any atom is 0.251 e. The lowest BCUT2D eigenvalue weighted by atomic mass is 10.0. The van der Waals surface area contributed by atoms with Crippen molar-refractivity contribution < 1.29 is 4.79 Å². The molecular weight excluding hydrogens is 298 g/mol. The highest BCUT2D eigenvalue weighted by atomic mass is 16.1. The first-order valence-corrected chi connectivity index (χ1v) is 8.35. The van der Waals surface area contributed by atoms with E-state index in [9.17, 15) is 4.79 Å². The van der Waals surface area contributed by atoms with Gasteiger partial charge >= 0.3 is 0 Å². The minimum atomic E-state index is -0.133. The Kier molecular flexibility index (Phi) is 4.65. The van der Waals surface area contributed by atoms with Crippen LogP contribution in [0.4, 0.5) is 0 Å². The molecule has 1 amide bonds. The molecule has 0 aliphatic heterocycles. The van der Waals surface area contributed by atoms with Crippen LogP contribution in [0.2, 0.25) is 0 Å². The summed E-state index contributed by atoms with van der Waals surface area (Å²) >= 11 is 0. The number of rotatable bonds is 5. The van der Waals surface area contributed by atoms with E-state index in [0.29, 0.717) is 11.5 Å². The SMILES string of the molecule is Cc1ccc(C(=O)N[C@@H](CC(C)C)c2nc3ccccc3[nH]2)cc1. The molecule has 0 aliphatic carbocycles. The molecule has 4 nitrogen and oxygen atoms in total. The number of nitrogens with one attached hydrogen (secondary N) is 2. The molecule has 2 N–H and O–H groups in total. The number of aromatic amines is 1. The number of carbonyl (C=O) groups excluding carboxylic acids is 1. The number of H-pyrrole nitrogens is 1. The zero-order valence-electron chi connectivity index (χ0n) is 14.3. The molecule has 0 saturated carbocycles. The minimum absolute atomic E-state index is 0.0684. The van der Waals surface area contributed by atoms with Crippen molar-refractivity contribution in [2.24, 2.45) is 5.92 Å². The van der Waals surface area contributed by atoms with Crippen LogP contribution in [0.3, 0.4) is 0 Å². The van der Waals surface area contributed by atoms with Crippen molar-refractivity contribution in [2.75, 3.05) is 0 Å². The van der Waals surface area contributed by atoms with Crippen LogP contribution in [-0.2, 0) is 0 Å². The average Bonchev–Trinajstić information content (AvgIpc) is 2.98. The molecule has 0 unspecified atom stereocenters. The molecule has 3 rings (SSSR count). The van der Waals surface area contributed by atoms with Gasteiger partial charge < -0.3 is 10.3 Å². The summed E-state index contributed by atoms with van der Waals surface area (Å²) in [5, 5.41) is 3.13. The number of fused-ring (bicyclic) bond motifs is 1. The highest BCUT2D eigenvalue weighted by Gasteiger charge is 2.20. The highest BCUT2D eigenvalue weighted by molar-refractivity contribution is 5.94. The topological polar surface area (TPSA) is 57.8 Å². The third-order valence-corrected chi connectivity index (χ3v) is 4.06. The Morgan fingerprint density at radius 1 is 1.12 bits per heavy atom. The normalized spacial score (nSPS) is 12.5. The zero-order chi connectivity index (χ0) is 17.1. The van der Waals surface area contributed by atoms with E-state index >= 15 is 0 Å². The predicted molar refractivity (Wildman–Crippen MR) is 96.9 cm³/mol. The number of aryl methyl sites for hydroxylation is 1. The smallest absolute Gasteiger partial charge is 0.251 e. The Labute approximate surface area is 142 Å². The fourth-order valence-corrected chi connectivity index (χ4v) is 2.79. The second-order valence-electron chi connectivity index (χ2n) is 6.66. The predicted octanol–water partition coefficient (Wildman–Crippen LogP) is 4.39. The van der Waals surface area contributed by atoms with Gasteiger partial charge in [-0.15, -0.1) is 0 Å². The molecule has 1 heterocycles. The van der Waals surface area contributed by atoms with Gasteiger partial charge in [-0.3, -0.25) is 4.79 Å². The number of amides is 1. The number of hydrogen-bond acceptors (Lipinski definition) is 2. The molecule has 0 bridgehead atoms. The summed E-state index contributed by atoms with van der Waals surface area (Å²) in [7, 11) is 0. The maximum absolute atomic E-state index is 12.6. The molecule has 1 aromatic heterocycles. The van der Waals surface area contributed by atoms with E-state index in [1.54, 1.807) is 0 Å². The van der Waals surface area contributed by atoms with Crippen LogP contribution in [0.1, 0.15) is 48.1 Å². The Bertz CT molecular complexity index is 800. The van der Waals surface area contributed by atoms with Gasteiger partial charge in [-0.2, -0.15) is 0 Å². The summed E-state index contributed by atoms with van der Waals surface area (Å²) in [6.45, 7) is 6.30. The zero-order valence-corrected chi connectivity index (χ0v) is 14.3. The number of hydrogen-bond donors (Lipinski definition) is 2. The molecule has 4 heteroatoms. The van der Waals surface area contributed by atoms with Crippen molar-refractivity contribution in [1.29, 1.82) is 0 Å². The summed E-state index contributed by atoms with van der Waals surface area (Å²) in [6, 6.07) is 15.4. The van der Waals surface area contributed by atoms with Gasteiger partial charge in [-0.1, -0.05) is 43.7 Å². The summed E-state index contributed by atoms with van der Waals surface area (Å²) in [5.41, 5.74) is 3.73. The van der Waals surface area contributed by atoms with Gasteiger partial charge in [-0.05, 0) is 43.5 Å². The van der Waals surface area contributed by atoms with Crippen LogP contribution in [0.15, 0.2) is 48.5 Å². The van der Waals surface area contributed by atoms with Crippen LogP contribution in [-0.4, -0.2) is 15.9 Å². The summed E-state index contributed by atoms with van der Waals surface area (Å²) in [4.78, 5) is 20.6.